The smallest absolute Gasteiger partial charge is 0.178 e. The maximum atomic E-state index is 5.46. The molecule has 0 aliphatic carbocycles. The third-order valence-corrected chi connectivity index (χ3v) is 4.69. The van der Waals surface area contributed by atoms with Crippen molar-refractivity contribution in [1.82, 2.24) is 24.7 Å². The van der Waals surface area contributed by atoms with Gasteiger partial charge in [0, 0.05) is 38.3 Å². The fourth-order valence-electron chi connectivity index (χ4n) is 3.26. The predicted octanol–water partition coefficient (Wildman–Crippen LogP) is 1.76. The molecule has 3 heterocycles. The van der Waals surface area contributed by atoms with E-state index in [1.54, 1.807) is 11.6 Å². The van der Waals surface area contributed by atoms with Crippen molar-refractivity contribution < 1.29 is 4.74 Å². The SMILES string of the molecule is COc1ccccc1CN1CCN(c2ccc3nnc(C)n3n2)CC1. The van der Waals surface area contributed by atoms with Gasteiger partial charge in [0.1, 0.15) is 11.6 Å². The highest BCUT2D eigenvalue weighted by atomic mass is 16.5. The molecule has 0 unspecified atom stereocenters. The number of aromatic nitrogens is 4. The lowest BCUT2D eigenvalue weighted by Crippen LogP contribution is -2.46. The summed E-state index contributed by atoms with van der Waals surface area (Å²) in [5.74, 6) is 2.75. The van der Waals surface area contributed by atoms with Gasteiger partial charge >= 0.3 is 0 Å². The Morgan fingerprint density at radius 1 is 1.00 bits per heavy atom. The molecule has 1 aromatic carbocycles. The van der Waals surface area contributed by atoms with Crippen molar-refractivity contribution in [3.8, 4) is 5.75 Å². The molecule has 4 rings (SSSR count). The molecule has 0 spiro atoms. The van der Waals surface area contributed by atoms with Gasteiger partial charge in [0.15, 0.2) is 11.5 Å². The van der Waals surface area contributed by atoms with Crippen LogP contribution in [-0.4, -0.2) is 58.0 Å². The lowest BCUT2D eigenvalue weighted by Gasteiger charge is -2.35. The first-order valence-corrected chi connectivity index (χ1v) is 8.53. The second-order valence-corrected chi connectivity index (χ2v) is 6.28. The highest BCUT2D eigenvalue weighted by Crippen LogP contribution is 2.21. The van der Waals surface area contributed by atoms with E-state index in [1.807, 2.05) is 31.2 Å². The topological polar surface area (TPSA) is 58.8 Å². The maximum Gasteiger partial charge on any atom is 0.178 e. The zero-order chi connectivity index (χ0) is 17.2. The number of anilines is 1. The monoisotopic (exact) mass is 338 g/mol. The average molecular weight is 338 g/mol. The first kappa shape index (κ1) is 15.8. The molecule has 130 valence electrons. The van der Waals surface area contributed by atoms with Gasteiger partial charge in [0.25, 0.3) is 0 Å². The van der Waals surface area contributed by atoms with Crippen LogP contribution in [-0.2, 0) is 6.54 Å². The average Bonchev–Trinajstić information content (AvgIpc) is 3.03. The largest absolute Gasteiger partial charge is 0.496 e. The molecule has 1 aliphatic heterocycles. The summed E-state index contributed by atoms with van der Waals surface area (Å²) in [6, 6.07) is 12.2. The number of aryl methyl sites for hydroxylation is 1. The summed E-state index contributed by atoms with van der Waals surface area (Å²) in [5, 5.41) is 12.8. The Hall–Kier alpha value is -2.67. The molecule has 7 heteroatoms. The number of nitrogens with zero attached hydrogens (tertiary/aromatic N) is 6. The number of hydrogen-bond donors (Lipinski definition) is 0. The molecule has 0 radical (unpaired) electrons. The van der Waals surface area contributed by atoms with Crippen molar-refractivity contribution in [3.05, 3.63) is 47.8 Å². The van der Waals surface area contributed by atoms with E-state index in [4.69, 9.17) is 4.74 Å². The summed E-state index contributed by atoms with van der Waals surface area (Å²) < 4.78 is 7.26. The van der Waals surface area contributed by atoms with Crippen molar-refractivity contribution >= 4 is 11.5 Å². The van der Waals surface area contributed by atoms with Gasteiger partial charge in [-0.3, -0.25) is 4.90 Å². The fraction of sp³-hybridized carbons (Fsp3) is 0.389. The van der Waals surface area contributed by atoms with Crippen molar-refractivity contribution in [2.45, 2.75) is 13.5 Å². The molecule has 0 atom stereocenters. The second-order valence-electron chi connectivity index (χ2n) is 6.28. The van der Waals surface area contributed by atoms with Crippen molar-refractivity contribution in [1.29, 1.82) is 0 Å². The van der Waals surface area contributed by atoms with E-state index in [2.05, 4.69) is 37.2 Å². The Morgan fingerprint density at radius 2 is 1.80 bits per heavy atom. The van der Waals surface area contributed by atoms with Crippen LogP contribution in [0.5, 0.6) is 5.75 Å². The summed E-state index contributed by atoms with van der Waals surface area (Å²) in [6.07, 6.45) is 0. The van der Waals surface area contributed by atoms with Crippen LogP contribution in [0.1, 0.15) is 11.4 Å². The standard InChI is InChI=1S/C18H22N6O/c1-14-19-20-17-7-8-18(21-24(14)17)23-11-9-22(10-12-23)13-15-5-3-4-6-16(15)25-2/h3-8H,9-13H2,1-2H3. The lowest BCUT2D eigenvalue weighted by atomic mass is 10.1. The summed E-state index contributed by atoms with van der Waals surface area (Å²) in [4.78, 5) is 4.77. The van der Waals surface area contributed by atoms with Crippen LogP contribution in [0.25, 0.3) is 5.65 Å². The van der Waals surface area contributed by atoms with Crippen LogP contribution in [0, 0.1) is 6.92 Å². The molecule has 0 bridgehead atoms. The molecule has 1 aliphatic rings. The summed E-state index contributed by atoms with van der Waals surface area (Å²) in [7, 11) is 1.73. The quantitative estimate of drug-likeness (QED) is 0.722. The number of benzene rings is 1. The first-order chi connectivity index (χ1) is 12.2. The minimum Gasteiger partial charge on any atom is -0.496 e. The van der Waals surface area contributed by atoms with Gasteiger partial charge in [0.2, 0.25) is 0 Å². The molecule has 3 aromatic rings. The molecule has 1 fully saturated rings. The van der Waals surface area contributed by atoms with Gasteiger partial charge in [-0.1, -0.05) is 18.2 Å². The van der Waals surface area contributed by atoms with Gasteiger partial charge < -0.3 is 9.64 Å². The Labute approximate surface area is 146 Å². The van der Waals surface area contributed by atoms with Crippen LogP contribution >= 0.6 is 0 Å². The van der Waals surface area contributed by atoms with Gasteiger partial charge in [-0.2, -0.15) is 4.52 Å². The van der Waals surface area contributed by atoms with Gasteiger partial charge in [-0.15, -0.1) is 15.3 Å². The number of piperazine rings is 1. The number of methoxy groups -OCH3 is 1. The van der Waals surface area contributed by atoms with Crippen LogP contribution in [0.4, 0.5) is 5.82 Å². The predicted molar refractivity (Wildman–Crippen MR) is 96.0 cm³/mol. The fourth-order valence-corrected chi connectivity index (χ4v) is 3.26. The van der Waals surface area contributed by atoms with Gasteiger partial charge in [0.05, 0.1) is 7.11 Å². The molecule has 0 amide bonds. The lowest BCUT2D eigenvalue weighted by molar-refractivity contribution is 0.245. The number of ether oxygens (including phenoxy) is 1. The van der Waals surface area contributed by atoms with Gasteiger partial charge in [-0.05, 0) is 25.1 Å². The van der Waals surface area contributed by atoms with E-state index < -0.39 is 0 Å². The van der Waals surface area contributed by atoms with E-state index in [0.29, 0.717) is 0 Å². The number of hydrogen-bond acceptors (Lipinski definition) is 6. The minimum absolute atomic E-state index is 0.788. The van der Waals surface area contributed by atoms with Crippen molar-refractivity contribution in [2.75, 3.05) is 38.2 Å². The first-order valence-electron chi connectivity index (χ1n) is 8.53. The molecule has 25 heavy (non-hydrogen) atoms. The minimum atomic E-state index is 0.788. The normalized spacial score (nSPS) is 15.7. The third-order valence-electron chi connectivity index (χ3n) is 4.69. The maximum absolute atomic E-state index is 5.46. The Kier molecular flexibility index (Phi) is 4.23. The molecule has 1 saturated heterocycles. The summed E-state index contributed by atoms with van der Waals surface area (Å²) >= 11 is 0. The van der Waals surface area contributed by atoms with Crippen molar-refractivity contribution in [3.63, 3.8) is 0 Å². The van der Waals surface area contributed by atoms with E-state index in [1.165, 1.54) is 5.56 Å². The van der Waals surface area contributed by atoms with E-state index >= 15 is 0 Å². The highest BCUT2D eigenvalue weighted by molar-refractivity contribution is 5.46. The van der Waals surface area contributed by atoms with Crippen molar-refractivity contribution in [2.24, 2.45) is 0 Å². The van der Waals surface area contributed by atoms with E-state index in [9.17, 15) is 0 Å². The summed E-state index contributed by atoms with van der Waals surface area (Å²) in [6.45, 7) is 6.73. The Morgan fingerprint density at radius 3 is 2.60 bits per heavy atom. The van der Waals surface area contributed by atoms with Crippen LogP contribution in [0.3, 0.4) is 0 Å². The van der Waals surface area contributed by atoms with Crippen LogP contribution in [0.2, 0.25) is 0 Å². The molecule has 0 N–H and O–H groups in total. The molecular weight excluding hydrogens is 316 g/mol. The summed E-state index contributed by atoms with van der Waals surface area (Å²) in [5.41, 5.74) is 2.02. The molecule has 7 nitrogen and oxygen atoms in total. The Balaban J connectivity index is 1.43. The van der Waals surface area contributed by atoms with E-state index in [0.717, 1.165) is 55.8 Å². The zero-order valence-electron chi connectivity index (χ0n) is 14.6. The Bertz CT molecular complexity index is 869. The zero-order valence-corrected chi connectivity index (χ0v) is 14.6. The third kappa shape index (κ3) is 3.15. The van der Waals surface area contributed by atoms with Crippen LogP contribution in [0.15, 0.2) is 36.4 Å². The molecular formula is C18H22N6O. The number of rotatable bonds is 4. The van der Waals surface area contributed by atoms with Crippen LogP contribution < -0.4 is 9.64 Å². The molecule has 0 saturated carbocycles. The highest BCUT2D eigenvalue weighted by Gasteiger charge is 2.19. The molecule has 2 aromatic heterocycles. The van der Waals surface area contributed by atoms with Gasteiger partial charge in [-0.25, -0.2) is 0 Å². The second kappa shape index (κ2) is 6.68. The number of fused-ring (bicyclic) bond motifs is 1. The van der Waals surface area contributed by atoms with E-state index in [-0.39, 0.29) is 0 Å². The number of para-hydroxylation sites is 1.